The molecular formula is C11H16N4. The predicted molar refractivity (Wildman–Crippen MR) is 57.2 cm³/mol. The lowest BCUT2D eigenvalue weighted by molar-refractivity contribution is 0.501. The first-order valence-electron chi connectivity index (χ1n) is 5.55. The molecule has 1 fully saturated rings. The molecule has 1 aromatic rings. The van der Waals surface area contributed by atoms with Crippen molar-refractivity contribution < 1.29 is 0 Å². The Kier molecular flexibility index (Phi) is 3.36. The van der Waals surface area contributed by atoms with E-state index in [9.17, 15) is 0 Å². The zero-order valence-electron chi connectivity index (χ0n) is 8.82. The van der Waals surface area contributed by atoms with E-state index in [1.807, 2.05) is 10.8 Å². The summed E-state index contributed by atoms with van der Waals surface area (Å²) in [7, 11) is 0. The quantitative estimate of drug-likeness (QED) is 0.804. The van der Waals surface area contributed by atoms with Crippen LogP contribution in [0.25, 0.3) is 0 Å². The van der Waals surface area contributed by atoms with Gasteiger partial charge >= 0.3 is 0 Å². The summed E-state index contributed by atoms with van der Waals surface area (Å²) in [4.78, 5) is 3.97. The summed E-state index contributed by atoms with van der Waals surface area (Å²) < 4.78 is 1.93. The van der Waals surface area contributed by atoms with Crippen LogP contribution in [0.5, 0.6) is 0 Å². The lowest BCUT2D eigenvalue weighted by Gasteiger charge is -2.09. The third-order valence-corrected chi connectivity index (χ3v) is 2.93. The maximum atomic E-state index is 8.77. The minimum absolute atomic E-state index is 0.523. The van der Waals surface area contributed by atoms with E-state index in [4.69, 9.17) is 5.26 Å². The van der Waals surface area contributed by atoms with Crippen molar-refractivity contribution in [3.8, 4) is 6.07 Å². The van der Waals surface area contributed by atoms with Crippen molar-refractivity contribution >= 4 is 0 Å². The van der Waals surface area contributed by atoms with E-state index in [1.165, 1.54) is 25.8 Å². The summed E-state index contributed by atoms with van der Waals surface area (Å²) in [6, 6.07) is 2.78. The Hall–Kier alpha value is -1.34. The van der Waals surface area contributed by atoms with E-state index in [-0.39, 0.29) is 0 Å². The fourth-order valence-corrected chi connectivity index (χ4v) is 2.11. The Balaban J connectivity index is 1.76. The van der Waals surface area contributed by atoms with Gasteiger partial charge in [0.2, 0.25) is 5.82 Å². The second-order valence-electron chi connectivity index (χ2n) is 3.99. The van der Waals surface area contributed by atoms with Crippen molar-refractivity contribution in [2.75, 3.05) is 6.54 Å². The Bertz CT molecular complexity index is 344. The summed E-state index contributed by atoms with van der Waals surface area (Å²) in [5, 5.41) is 12.2. The zero-order chi connectivity index (χ0) is 10.5. The van der Waals surface area contributed by atoms with Crippen LogP contribution in [-0.4, -0.2) is 22.1 Å². The first-order chi connectivity index (χ1) is 7.40. The van der Waals surface area contributed by atoms with Crippen LogP contribution in [0.2, 0.25) is 0 Å². The van der Waals surface area contributed by atoms with Crippen molar-refractivity contribution in [2.24, 2.45) is 0 Å². The van der Waals surface area contributed by atoms with Gasteiger partial charge in [0.1, 0.15) is 6.07 Å². The van der Waals surface area contributed by atoms with Crippen molar-refractivity contribution in [1.29, 1.82) is 5.26 Å². The molecule has 0 spiro atoms. The second kappa shape index (κ2) is 4.94. The summed E-state index contributed by atoms with van der Waals surface area (Å²) >= 11 is 0. The van der Waals surface area contributed by atoms with Gasteiger partial charge in [-0.05, 0) is 32.2 Å². The highest BCUT2D eigenvalue weighted by Crippen LogP contribution is 2.11. The maximum Gasteiger partial charge on any atom is 0.212 e. The molecule has 0 aliphatic carbocycles. The number of nitrogens with one attached hydrogen (secondary N) is 1. The maximum absolute atomic E-state index is 8.77. The summed E-state index contributed by atoms with van der Waals surface area (Å²) in [6.07, 6.45) is 8.48. The average molecular weight is 204 g/mol. The molecule has 1 saturated heterocycles. The number of imidazole rings is 1. The first-order valence-corrected chi connectivity index (χ1v) is 5.55. The van der Waals surface area contributed by atoms with Gasteiger partial charge < -0.3 is 9.88 Å². The van der Waals surface area contributed by atoms with Crippen LogP contribution in [0.3, 0.4) is 0 Å². The van der Waals surface area contributed by atoms with E-state index in [0.717, 1.165) is 13.0 Å². The number of nitrogens with zero attached hydrogens (tertiary/aromatic N) is 3. The van der Waals surface area contributed by atoms with Gasteiger partial charge in [-0.3, -0.25) is 0 Å². The van der Waals surface area contributed by atoms with E-state index < -0.39 is 0 Å². The zero-order valence-corrected chi connectivity index (χ0v) is 8.82. The van der Waals surface area contributed by atoms with Gasteiger partial charge in [0, 0.05) is 25.0 Å². The predicted octanol–water partition coefficient (Wildman–Crippen LogP) is 1.29. The molecule has 2 heterocycles. The van der Waals surface area contributed by atoms with E-state index in [2.05, 4.69) is 16.4 Å². The molecule has 1 aromatic heterocycles. The number of hydrogen-bond acceptors (Lipinski definition) is 3. The number of rotatable bonds is 4. The van der Waals surface area contributed by atoms with Crippen LogP contribution in [0.1, 0.15) is 31.5 Å². The fraction of sp³-hybridized carbons (Fsp3) is 0.636. The number of hydrogen-bond donors (Lipinski definition) is 1. The van der Waals surface area contributed by atoms with Crippen molar-refractivity contribution in [1.82, 2.24) is 14.9 Å². The Labute approximate surface area is 89.9 Å². The van der Waals surface area contributed by atoms with E-state index in [1.54, 1.807) is 6.20 Å². The third-order valence-electron chi connectivity index (χ3n) is 2.93. The van der Waals surface area contributed by atoms with E-state index >= 15 is 0 Å². The van der Waals surface area contributed by atoms with Crippen LogP contribution in [0.15, 0.2) is 12.4 Å². The van der Waals surface area contributed by atoms with Gasteiger partial charge in [-0.1, -0.05) is 0 Å². The summed E-state index contributed by atoms with van der Waals surface area (Å²) in [5.74, 6) is 0.523. The first kappa shape index (κ1) is 10.2. The fourth-order valence-electron chi connectivity index (χ4n) is 2.11. The molecule has 0 bridgehead atoms. The lowest BCUT2D eigenvalue weighted by atomic mass is 10.1. The van der Waals surface area contributed by atoms with Gasteiger partial charge in [0.05, 0.1) is 0 Å². The van der Waals surface area contributed by atoms with Gasteiger partial charge in [-0.15, -0.1) is 0 Å². The standard InChI is InChI=1S/C11H16N4/c12-9-11-14-6-8-15(11)7-2-4-10-3-1-5-13-10/h6,8,10,13H,1-5,7H2. The minimum atomic E-state index is 0.523. The highest BCUT2D eigenvalue weighted by molar-refractivity contribution is 5.10. The van der Waals surface area contributed by atoms with Gasteiger partial charge in [0.15, 0.2) is 0 Å². The monoisotopic (exact) mass is 204 g/mol. The Morgan fingerprint density at radius 2 is 2.60 bits per heavy atom. The minimum Gasteiger partial charge on any atom is -0.323 e. The van der Waals surface area contributed by atoms with Crippen LogP contribution in [-0.2, 0) is 6.54 Å². The second-order valence-corrected chi connectivity index (χ2v) is 3.99. The molecule has 15 heavy (non-hydrogen) atoms. The topological polar surface area (TPSA) is 53.6 Å². The molecule has 0 radical (unpaired) electrons. The summed E-state index contributed by atoms with van der Waals surface area (Å²) in [6.45, 7) is 2.07. The molecule has 1 aliphatic rings. The number of aromatic nitrogens is 2. The third kappa shape index (κ3) is 2.57. The van der Waals surface area contributed by atoms with Gasteiger partial charge in [0.25, 0.3) is 0 Å². The molecule has 80 valence electrons. The van der Waals surface area contributed by atoms with Gasteiger partial charge in [-0.25, -0.2) is 4.98 Å². The Morgan fingerprint density at radius 3 is 3.33 bits per heavy atom. The van der Waals surface area contributed by atoms with Gasteiger partial charge in [-0.2, -0.15) is 5.26 Å². The molecule has 0 aromatic carbocycles. The largest absolute Gasteiger partial charge is 0.323 e. The number of nitriles is 1. The highest BCUT2D eigenvalue weighted by atomic mass is 15.1. The molecule has 1 unspecified atom stereocenters. The van der Waals surface area contributed by atoms with Crippen LogP contribution in [0, 0.1) is 11.3 Å². The molecule has 0 saturated carbocycles. The molecule has 4 heteroatoms. The molecule has 2 rings (SSSR count). The summed E-state index contributed by atoms with van der Waals surface area (Å²) in [5.41, 5.74) is 0. The molecule has 1 N–H and O–H groups in total. The number of aryl methyl sites for hydroxylation is 1. The molecule has 4 nitrogen and oxygen atoms in total. The smallest absolute Gasteiger partial charge is 0.212 e. The SMILES string of the molecule is N#Cc1nccn1CCCC1CCCN1. The molecule has 1 atom stereocenters. The van der Waals surface area contributed by atoms with Crippen molar-refractivity contribution in [2.45, 2.75) is 38.3 Å². The molecular weight excluding hydrogens is 188 g/mol. The van der Waals surface area contributed by atoms with E-state index in [0.29, 0.717) is 11.9 Å². The molecule has 0 amide bonds. The Morgan fingerprint density at radius 1 is 1.67 bits per heavy atom. The highest BCUT2D eigenvalue weighted by Gasteiger charge is 2.13. The van der Waals surface area contributed by atoms with Crippen LogP contribution < -0.4 is 5.32 Å². The van der Waals surface area contributed by atoms with Crippen molar-refractivity contribution in [3.05, 3.63) is 18.2 Å². The lowest BCUT2D eigenvalue weighted by Crippen LogP contribution is -2.21. The van der Waals surface area contributed by atoms with Crippen LogP contribution >= 0.6 is 0 Å². The van der Waals surface area contributed by atoms with Crippen molar-refractivity contribution in [3.63, 3.8) is 0 Å². The van der Waals surface area contributed by atoms with Crippen LogP contribution in [0.4, 0.5) is 0 Å². The average Bonchev–Trinajstić information content (AvgIpc) is 2.88. The normalized spacial score (nSPS) is 20.3. The molecule has 1 aliphatic heterocycles.